The molecule has 0 saturated heterocycles. The van der Waals surface area contributed by atoms with E-state index in [4.69, 9.17) is 4.74 Å². The van der Waals surface area contributed by atoms with Gasteiger partial charge in [-0.2, -0.15) is 0 Å². The number of aryl methyl sites for hydroxylation is 1. The van der Waals surface area contributed by atoms with Gasteiger partial charge in [-0.25, -0.2) is 4.79 Å². The highest BCUT2D eigenvalue weighted by Gasteiger charge is 2.30. The number of ether oxygens (including phenoxy) is 1. The highest BCUT2D eigenvalue weighted by molar-refractivity contribution is 5.90. The average molecular weight is 234 g/mol. The van der Waals surface area contributed by atoms with Crippen LogP contribution in [0, 0.1) is 0 Å². The number of carboxylic acids is 1. The number of benzene rings is 1. The third-order valence-corrected chi connectivity index (χ3v) is 3.53. The standard InChI is InChI=1S/C14H18O3/c1-4-9-7-12-11(8-10(9)13(15)16)14(2,3)5-6-17-12/h7-8H,4-6H2,1-3H3,(H,15,16). The molecule has 0 aromatic heterocycles. The first-order valence-electron chi connectivity index (χ1n) is 5.99. The molecule has 1 aliphatic heterocycles. The summed E-state index contributed by atoms with van der Waals surface area (Å²) in [6.45, 7) is 6.93. The highest BCUT2D eigenvalue weighted by atomic mass is 16.5. The second kappa shape index (κ2) is 4.06. The van der Waals surface area contributed by atoms with Crippen molar-refractivity contribution >= 4 is 5.97 Å². The van der Waals surface area contributed by atoms with Crippen LogP contribution in [0.25, 0.3) is 0 Å². The largest absolute Gasteiger partial charge is 0.493 e. The van der Waals surface area contributed by atoms with E-state index in [9.17, 15) is 9.90 Å². The van der Waals surface area contributed by atoms with E-state index in [1.54, 1.807) is 6.07 Å². The highest BCUT2D eigenvalue weighted by Crippen LogP contribution is 2.39. The topological polar surface area (TPSA) is 46.5 Å². The number of carboxylic acid groups (broad SMARTS) is 1. The van der Waals surface area contributed by atoms with Crippen molar-refractivity contribution < 1.29 is 14.6 Å². The van der Waals surface area contributed by atoms with Crippen LogP contribution in [-0.2, 0) is 11.8 Å². The molecule has 1 heterocycles. The number of hydrogen-bond acceptors (Lipinski definition) is 2. The molecule has 17 heavy (non-hydrogen) atoms. The number of fused-ring (bicyclic) bond motifs is 1. The predicted molar refractivity (Wildman–Crippen MR) is 65.9 cm³/mol. The van der Waals surface area contributed by atoms with Crippen LogP contribution in [0.1, 0.15) is 48.7 Å². The zero-order chi connectivity index (χ0) is 12.6. The Labute approximate surface area is 101 Å². The monoisotopic (exact) mass is 234 g/mol. The SMILES string of the molecule is CCc1cc2c(cc1C(=O)O)C(C)(C)CCO2. The minimum absolute atomic E-state index is 0.00987. The van der Waals surface area contributed by atoms with Crippen molar-refractivity contribution in [2.45, 2.75) is 39.0 Å². The molecule has 1 aliphatic rings. The van der Waals surface area contributed by atoms with Crippen molar-refractivity contribution in [1.29, 1.82) is 0 Å². The molecule has 3 heteroatoms. The van der Waals surface area contributed by atoms with Gasteiger partial charge in [0.2, 0.25) is 0 Å². The fourth-order valence-electron chi connectivity index (χ4n) is 2.31. The molecule has 1 aromatic carbocycles. The first-order valence-corrected chi connectivity index (χ1v) is 5.99. The lowest BCUT2D eigenvalue weighted by Crippen LogP contribution is -2.27. The van der Waals surface area contributed by atoms with Crippen molar-refractivity contribution in [3.05, 3.63) is 28.8 Å². The lowest BCUT2D eigenvalue weighted by molar-refractivity contribution is 0.0695. The molecule has 0 saturated carbocycles. The van der Waals surface area contributed by atoms with E-state index in [0.29, 0.717) is 18.6 Å². The molecule has 0 amide bonds. The second-order valence-corrected chi connectivity index (χ2v) is 5.15. The maximum absolute atomic E-state index is 11.2. The third-order valence-electron chi connectivity index (χ3n) is 3.53. The Kier molecular flexibility index (Phi) is 2.86. The maximum atomic E-state index is 11.2. The zero-order valence-electron chi connectivity index (χ0n) is 10.5. The second-order valence-electron chi connectivity index (χ2n) is 5.15. The Morgan fingerprint density at radius 2 is 2.18 bits per heavy atom. The van der Waals surface area contributed by atoms with Crippen LogP contribution >= 0.6 is 0 Å². The molecule has 1 N–H and O–H groups in total. The molecular formula is C14H18O3. The van der Waals surface area contributed by atoms with Gasteiger partial charge in [-0.1, -0.05) is 20.8 Å². The Balaban J connectivity index is 2.62. The van der Waals surface area contributed by atoms with Gasteiger partial charge in [0.05, 0.1) is 12.2 Å². The van der Waals surface area contributed by atoms with E-state index < -0.39 is 5.97 Å². The number of carbonyl (C=O) groups is 1. The predicted octanol–water partition coefficient (Wildman–Crippen LogP) is 3.01. The van der Waals surface area contributed by atoms with E-state index in [2.05, 4.69) is 13.8 Å². The summed E-state index contributed by atoms with van der Waals surface area (Å²) in [5.74, 6) is -0.00544. The first kappa shape index (κ1) is 12.0. The fraction of sp³-hybridized carbons (Fsp3) is 0.500. The van der Waals surface area contributed by atoms with Crippen molar-refractivity contribution in [1.82, 2.24) is 0 Å². The molecule has 2 rings (SSSR count). The van der Waals surface area contributed by atoms with Crippen LogP contribution in [0.15, 0.2) is 12.1 Å². The van der Waals surface area contributed by atoms with E-state index >= 15 is 0 Å². The Morgan fingerprint density at radius 1 is 1.47 bits per heavy atom. The van der Waals surface area contributed by atoms with Crippen LogP contribution < -0.4 is 4.74 Å². The van der Waals surface area contributed by atoms with Gasteiger partial charge in [-0.3, -0.25) is 0 Å². The maximum Gasteiger partial charge on any atom is 0.335 e. The lowest BCUT2D eigenvalue weighted by atomic mass is 9.78. The van der Waals surface area contributed by atoms with Gasteiger partial charge >= 0.3 is 5.97 Å². The molecule has 0 atom stereocenters. The Bertz CT molecular complexity index is 461. The van der Waals surface area contributed by atoms with Crippen molar-refractivity contribution in [3.8, 4) is 5.75 Å². The molecule has 0 fully saturated rings. The molecule has 0 aliphatic carbocycles. The number of rotatable bonds is 2. The Morgan fingerprint density at radius 3 is 2.76 bits per heavy atom. The lowest BCUT2D eigenvalue weighted by Gasteiger charge is -2.33. The molecule has 0 unspecified atom stereocenters. The quantitative estimate of drug-likeness (QED) is 0.855. The van der Waals surface area contributed by atoms with Crippen LogP contribution in [0.3, 0.4) is 0 Å². The molecule has 0 bridgehead atoms. The summed E-state index contributed by atoms with van der Waals surface area (Å²) in [5, 5.41) is 9.23. The van der Waals surface area contributed by atoms with Gasteiger partial charge in [0, 0.05) is 5.56 Å². The zero-order valence-corrected chi connectivity index (χ0v) is 10.5. The van der Waals surface area contributed by atoms with Crippen LogP contribution in [0.4, 0.5) is 0 Å². The smallest absolute Gasteiger partial charge is 0.335 e. The van der Waals surface area contributed by atoms with Gasteiger partial charge in [-0.05, 0) is 36.0 Å². The summed E-state index contributed by atoms with van der Waals surface area (Å²) in [5.41, 5.74) is 2.25. The summed E-state index contributed by atoms with van der Waals surface area (Å²) in [4.78, 5) is 11.2. The van der Waals surface area contributed by atoms with Gasteiger partial charge in [0.15, 0.2) is 0 Å². The van der Waals surface area contributed by atoms with Gasteiger partial charge in [0.1, 0.15) is 5.75 Å². The normalized spacial score (nSPS) is 17.1. The summed E-state index contributed by atoms with van der Waals surface area (Å²) >= 11 is 0. The molecule has 1 aromatic rings. The van der Waals surface area contributed by atoms with Gasteiger partial charge in [0.25, 0.3) is 0 Å². The molecule has 0 radical (unpaired) electrons. The van der Waals surface area contributed by atoms with E-state index in [1.165, 1.54) is 0 Å². The third kappa shape index (κ3) is 2.02. The molecule has 92 valence electrons. The number of hydrogen-bond donors (Lipinski definition) is 1. The minimum Gasteiger partial charge on any atom is -0.493 e. The first-order chi connectivity index (χ1) is 7.95. The van der Waals surface area contributed by atoms with E-state index in [0.717, 1.165) is 23.3 Å². The van der Waals surface area contributed by atoms with Gasteiger partial charge < -0.3 is 9.84 Å². The average Bonchev–Trinajstić information content (AvgIpc) is 2.27. The van der Waals surface area contributed by atoms with Crippen LogP contribution in [-0.4, -0.2) is 17.7 Å². The van der Waals surface area contributed by atoms with E-state index in [1.807, 2.05) is 13.0 Å². The van der Waals surface area contributed by atoms with Crippen molar-refractivity contribution in [2.75, 3.05) is 6.61 Å². The minimum atomic E-state index is -0.856. The summed E-state index contributed by atoms with van der Waals surface area (Å²) in [6.07, 6.45) is 1.63. The molecular weight excluding hydrogens is 216 g/mol. The van der Waals surface area contributed by atoms with Crippen LogP contribution in [0.5, 0.6) is 5.75 Å². The van der Waals surface area contributed by atoms with Crippen molar-refractivity contribution in [3.63, 3.8) is 0 Å². The van der Waals surface area contributed by atoms with Crippen molar-refractivity contribution in [2.24, 2.45) is 0 Å². The summed E-state index contributed by atoms with van der Waals surface area (Å²) < 4.78 is 5.64. The van der Waals surface area contributed by atoms with Gasteiger partial charge in [-0.15, -0.1) is 0 Å². The molecule has 0 spiro atoms. The van der Waals surface area contributed by atoms with Crippen LogP contribution in [0.2, 0.25) is 0 Å². The Hall–Kier alpha value is -1.51. The molecule has 3 nitrogen and oxygen atoms in total. The summed E-state index contributed by atoms with van der Waals surface area (Å²) in [6, 6.07) is 3.68. The van der Waals surface area contributed by atoms with E-state index in [-0.39, 0.29) is 5.41 Å². The fourth-order valence-corrected chi connectivity index (χ4v) is 2.31. The summed E-state index contributed by atoms with van der Waals surface area (Å²) in [7, 11) is 0. The number of aromatic carboxylic acids is 1.